The summed E-state index contributed by atoms with van der Waals surface area (Å²) in [6.45, 7) is 5.04. The van der Waals surface area contributed by atoms with Crippen LogP contribution in [0.5, 0.6) is 0 Å². The van der Waals surface area contributed by atoms with Crippen molar-refractivity contribution < 1.29 is 28.2 Å². The number of methoxy groups -OCH3 is 1. The molecule has 2 amide bonds. The van der Waals surface area contributed by atoms with Crippen LogP contribution in [0.3, 0.4) is 0 Å². The van der Waals surface area contributed by atoms with Gasteiger partial charge in [0.1, 0.15) is 23.1 Å². The summed E-state index contributed by atoms with van der Waals surface area (Å²) in [7, 11) is 1.17. The summed E-state index contributed by atoms with van der Waals surface area (Å²) < 4.78 is 24.7. The Morgan fingerprint density at radius 2 is 1.83 bits per heavy atom. The lowest BCUT2D eigenvalue weighted by molar-refractivity contribution is -0.147. The molecule has 35 heavy (non-hydrogen) atoms. The summed E-state index contributed by atoms with van der Waals surface area (Å²) in [6.07, 6.45) is -0.631. The van der Waals surface area contributed by atoms with Crippen molar-refractivity contribution in [3.63, 3.8) is 0 Å². The van der Waals surface area contributed by atoms with E-state index in [1.165, 1.54) is 47.2 Å². The van der Waals surface area contributed by atoms with Gasteiger partial charge in [-0.05, 0) is 61.8 Å². The first-order valence-electron chi connectivity index (χ1n) is 10.7. The van der Waals surface area contributed by atoms with Crippen LogP contribution >= 0.6 is 11.6 Å². The van der Waals surface area contributed by atoms with Crippen molar-refractivity contribution in [2.24, 2.45) is 5.18 Å². The number of hydrogen-bond donors (Lipinski definition) is 0. The first-order valence-corrected chi connectivity index (χ1v) is 11.1. The van der Waals surface area contributed by atoms with E-state index >= 15 is 0 Å². The lowest BCUT2D eigenvalue weighted by Crippen LogP contribution is -2.60. The smallest absolute Gasteiger partial charge is 0.410 e. The molecule has 1 unspecified atom stereocenters. The van der Waals surface area contributed by atoms with E-state index in [1.807, 2.05) is 0 Å². The van der Waals surface area contributed by atoms with E-state index in [0.717, 1.165) is 6.07 Å². The summed E-state index contributed by atoms with van der Waals surface area (Å²) >= 11 is 5.83. The van der Waals surface area contributed by atoms with E-state index in [4.69, 9.17) is 21.1 Å². The molecule has 11 heteroatoms. The third-order valence-corrected chi connectivity index (χ3v) is 5.57. The molecule has 3 rings (SSSR count). The highest BCUT2D eigenvalue weighted by molar-refractivity contribution is 6.30. The van der Waals surface area contributed by atoms with Crippen LogP contribution in [0.1, 0.15) is 31.1 Å². The van der Waals surface area contributed by atoms with Gasteiger partial charge in [0.2, 0.25) is 0 Å². The van der Waals surface area contributed by atoms with Gasteiger partial charge in [-0.25, -0.2) is 14.0 Å². The van der Waals surface area contributed by atoms with E-state index in [9.17, 15) is 23.7 Å². The predicted octanol–water partition coefficient (Wildman–Crippen LogP) is 4.78. The second-order valence-electron chi connectivity index (χ2n) is 8.91. The summed E-state index contributed by atoms with van der Waals surface area (Å²) in [5, 5.41) is 3.12. The van der Waals surface area contributed by atoms with Gasteiger partial charge in [0.25, 0.3) is 5.91 Å². The molecule has 9 nitrogen and oxygen atoms in total. The minimum Gasteiger partial charge on any atom is -0.467 e. The lowest BCUT2D eigenvalue weighted by Gasteiger charge is -2.40. The molecule has 0 radical (unpaired) electrons. The number of amides is 2. The maximum absolute atomic E-state index is 14.5. The van der Waals surface area contributed by atoms with E-state index in [1.54, 1.807) is 20.8 Å². The predicted molar refractivity (Wildman–Crippen MR) is 127 cm³/mol. The third-order valence-electron chi connectivity index (χ3n) is 5.33. The minimum atomic E-state index is -1.15. The number of nitroso groups, excluding NO2 is 1. The molecule has 0 N–H and O–H groups in total. The molecule has 0 aromatic heterocycles. The summed E-state index contributed by atoms with van der Waals surface area (Å²) in [4.78, 5) is 52.5. The molecule has 1 aliphatic rings. The minimum absolute atomic E-state index is 0.0321. The number of piperazine rings is 1. The number of hydrogen-bond acceptors (Lipinski definition) is 7. The number of ether oxygens (including phenoxy) is 2. The molecular weight excluding hydrogens is 481 g/mol. The van der Waals surface area contributed by atoms with Gasteiger partial charge in [-0.3, -0.25) is 4.79 Å². The van der Waals surface area contributed by atoms with E-state index in [2.05, 4.69) is 5.18 Å². The SMILES string of the molecule is COC(=O)C1CN(C(=O)OC(C)(C)C)CCN1C(=O)c1cc(-c2ccc(Cl)cc2F)ccc1N=O. The molecule has 0 bridgehead atoms. The van der Waals surface area contributed by atoms with Crippen molar-refractivity contribution in [1.82, 2.24) is 9.80 Å². The molecule has 1 aliphatic heterocycles. The van der Waals surface area contributed by atoms with Crippen LogP contribution in [0.2, 0.25) is 5.02 Å². The Labute approximate surface area is 206 Å². The van der Waals surface area contributed by atoms with Crippen molar-refractivity contribution in [3.8, 4) is 11.1 Å². The van der Waals surface area contributed by atoms with Crippen molar-refractivity contribution in [3.05, 3.63) is 57.7 Å². The van der Waals surface area contributed by atoms with Crippen molar-refractivity contribution in [2.45, 2.75) is 32.4 Å². The number of esters is 1. The fourth-order valence-corrected chi connectivity index (χ4v) is 3.85. The standard InChI is InChI=1S/C24H25ClFN3O6/c1-24(2,3)35-23(32)28-9-10-29(20(13-28)22(31)34-4)21(30)17-11-14(5-8-19(17)27-33)16-7-6-15(25)12-18(16)26/h5-8,11-12,20H,9-10,13H2,1-4H3. The Morgan fingerprint density at radius 1 is 1.11 bits per heavy atom. The largest absolute Gasteiger partial charge is 0.467 e. The van der Waals surface area contributed by atoms with Crippen LogP contribution in [0.4, 0.5) is 14.9 Å². The molecule has 0 spiro atoms. The molecule has 0 aliphatic carbocycles. The lowest BCUT2D eigenvalue weighted by atomic mass is 10.00. The van der Waals surface area contributed by atoms with Gasteiger partial charge < -0.3 is 19.3 Å². The third kappa shape index (κ3) is 5.94. The zero-order valence-corrected chi connectivity index (χ0v) is 20.5. The topological polar surface area (TPSA) is 106 Å². The van der Waals surface area contributed by atoms with Crippen LogP contribution in [-0.2, 0) is 14.3 Å². The van der Waals surface area contributed by atoms with Crippen molar-refractivity contribution >= 4 is 35.3 Å². The van der Waals surface area contributed by atoms with Gasteiger partial charge in [-0.2, -0.15) is 0 Å². The van der Waals surface area contributed by atoms with Gasteiger partial charge >= 0.3 is 12.1 Å². The molecule has 1 saturated heterocycles. The zero-order valence-electron chi connectivity index (χ0n) is 19.7. The maximum Gasteiger partial charge on any atom is 0.410 e. The Morgan fingerprint density at radius 3 is 2.43 bits per heavy atom. The Bertz CT molecular complexity index is 1170. The summed E-state index contributed by atoms with van der Waals surface area (Å²) in [5.74, 6) is -2.04. The molecule has 1 atom stereocenters. The van der Waals surface area contributed by atoms with Crippen LogP contribution in [0.25, 0.3) is 11.1 Å². The van der Waals surface area contributed by atoms with Crippen LogP contribution in [0.15, 0.2) is 41.6 Å². The monoisotopic (exact) mass is 505 g/mol. The second kappa shape index (κ2) is 10.4. The van der Waals surface area contributed by atoms with Gasteiger partial charge in [-0.1, -0.05) is 17.7 Å². The molecule has 2 aromatic rings. The fourth-order valence-electron chi connectivity index (χ4n) is 3.69. The number of halogens is 2. The Hall–Kier alpha value is -3.53. The fraction of sp³-hybridized carbons (Fsp3) is 0.375. The highest BCUT2D eigenvalue weighted by atomic mass is 35.5. The molecule has 1 fully saturated rings. The van der Waals surface area contributed by atoms with Gasteiger partial charge in [-0.15, -0.1) is 4.91 Å². The van der Waals surface area contributed by atoms with Crippen LogP contribution in [0, 0.1) is 10.7 Å². The Kier molecular flexibility index (Phi) is 7.74. The number of carbonyl (C=O) groups is 3. The average molecular weight is 506 g/mol. The van der Waals surface area contributed by atoms with E-state index < -0.39 is 35.4 Å². The van der Waals surface area contributed by atoms with Gasteiger partial charge in [0, 0.05) is 23.7 Å². The molecule has 1 heterocycles. The average Bonchev–Trinajstić information content (AvgIpc) is 2.81. The molecular formula is C24H25ClFN3O6. The van der Waals surface area contributed by atoms with Gasteiger partial charge in [0.05, 0.1) is 19.2 Å². The number of nitrogens with zero attached hydrogens (tertiary/aromatic N) is 3. The van der Waals surface area contributed by atoms with E-state index in [0.29, 0.717) is 5.56 Å². The van der Waals surface area contributed by atoms with Crippen molar-refractivity contribution in [2.75, 3.05) is 26.7 Å². The molecule has 0 saturated carbocycles. The highest BCUT2D eigenvalue weighted by Gasteiger charge is 2.40. The van der Waals surface area contributed by atoms with Crippen molar-refractivity contribution in [1.29, 1.82) is 0 Å². The first-order chi connectivity index (χ1) is 16.4. The number of benzene rings is 2. The number of rotatable bonds is 4. The second-order valence-corrected chi connectivity index (χ2v) is 9.35. The normalized spacial score (nSPS) is 16.0. The summed E-state index contributed by atoms with van der Waals surface area (Å²) in [5.41, 5.74) is -0.554. The summed E-state index contributed by atoms with van der Waals surface area (Å²) in [6, 6.07) is 7.02. The zero-order chi connectivity index (χ0) is 25.9. The molecule has 2 aromatic carbocycles. The quantitative estimate of drug-likeness (QED) is 0.437. The highest BCUT2D eigenvalue weighted by Crippen LogP contribution is 2.31. The van der Waals surface area contributed by atoms with Crippen LogP contribution < -0.4 is 0 Å². The number of carbonyl (C=O) groups excluding carboxylic acids is 3. The molecule has 186 valence electrons. The van der Waals surface area contributed by atoms with Gasteiger partial charge in [0.15, 0.2) is 0 Å². The van der Waals surface area contributed by atoms with Crippen LogP contribution in [-0.4, -0.2) is 66.2 Å². The van der Waals surface area contributed by atoms with E-state index in [-0.39, 0.29) is 41.5 Å². The Balaban J connectivity index is 1.95. The maximum atomic E-state index is 14.5. The first kappa shape index (κ1) is 26.1.